The topological polar surface area (TPSA) is 377 Å². The molecule has 4 saturated carbocycles. The van der Waals surface area contributed by atoms with Gasteiger partial charge in [0, 0.05) is 0 Å². The Labute approximate surface area is 444 Å². The molecule has 0 amide bonds. The SMILES string of the molecule is CC(C)=CCCC(C)(OC1OC(COC2OC(CO)C(O)C(O)C2O)C(O)C(O)C1O)C1CCC2C1C(O)CC1C2(C)CCC2C(C)(C)C(OC3OC(CO)C(O)C(O)C3OC3OC(CO)C(O)C(O)C3O)CCC21C. The highest BCUT2D eigenvalue weighted by Crippen LogP contribution is 2.72. The smallest absolute Gasteiger partial charge is 0.187 e. The van der Waals surface area contributed by atoms with Gasteiger partial charge < -0.3 is 114 Å². The number of ether oxygens (including phenoxy) is 8. The average Bonchev–Trinajstić information content (AvgIpc) is 3.87. The Hall–Kier alpha value is -1.18. The van der Waals surface area contributed by atoms with Crippen molar-refractivity contribution in [3.63, 3.8) is 0 Å². The molecule has 23 heteroatoms. The first-order valence-electron chi connectivity index (χ1n) is 27.5. The highest BCUT2D eigenvalue weighted by molar-refractivity contribution is 5.17. The van der Waals surface area contributed by atoms with Crippen molar-refractivity contribution in [2.75, 3.05) is 26.4 Å². The van der Waals surface area contributed by atoms with Gasteiger partial charge in [-0.3, -0.25) is 0 Å². The van der Waals surface area contributed by atoms with Crippen LogP contribution < -0.4 is 0 Å². The van der Waals surface area contributed by atoms with Crippen molar-refractivity contribution >= 4 is 0 Å². The first-order valence-corrected chi connectivity index (χ1v) is 27.5. The molecule has 0 spiro atoms. The van der Waals surface area contributed by atoms with E-state index in [0.29, 0.717) is 38.5 Å². The van der Waals surface area contributed by atoms with Gasteiger partial charge in [-0.2, -0.15) is 0 Å². The summed E-state index contributed by atoms with van der Waals surface area (Å²) in [5.74, 6) is -0.276. The van der Waals surface area contributed by atoms with Crippen molar-refractivity contribution in [3.8, 4) is 0 Å². The van der Waals surface area contributed by atoms with Gasteiger partial charge in [0.25, 0.3) is 0 Å². The number of rotatable bonds is 16. The van der Waals surface area contributed by atoms with E-state index >= 15 is 0 Å². The fourth-order valence-corrected chi connectivity index (χ4v) is 15.8. The number of aliphatic hydroxyl groups is 15. The van der Waals surface area contributed by atoms with Gasteiger partial charge in [0.15, 0.2) is 25.2 Å². The van der Waals surface area contributed by atoms with Crippen LogP contribution in [-0.4, -0.2) is 244 Å². The summed E-state index contributed by atoms with van der Waals surface area (Å²) in [7, 11) is 0. The second-order valence-corrected chi connectivity index (χ2v) is 25.1. The molecule has 0 aromatic heterocycles. The molecular formula is C53H90O23. The Kier molecular flexibility index (Phi) is 18.9. The van der Waals surface area contributed by atoms with Crippen LogP contribution >= 0.6 is 0 Å². The molecular weight excluding hydrogens is 1000 g/mol. The summed E-state index contributed by atoms with van der Waals surface area (Å²) in [5.41, 5.74) is -1.04. The van der Waals surface area contributed by atoms with Gasteiger partial charge in [0.1, 0.15) is 97.7 Å². The fourth-order valence-electron chi connectivity index (χ4n) is 15.8. The van der Waals surface area contributed by atoms with E-state index in [1.807, 2.05) is 20.8 Å². The van der Waals surface area contributed by atoms with Crippen molar-refractivity contribution in [2.24, 2.45) is 45.8 Å². The molecule has 15 N–H and O–H groups in total. The second-order valence-electron chi connectivity index (χ2n) is 25.1. The standard InChI is InChI=1S/C53H90O23/c1-22(2)9-8-14-53(7,76-48-44(68)40(64)37(61)29(73-48)21-69-46-42(66)38(62)34(58)26(18-54)70-46)24-11-10-23-33(24)25(57)17-31-51(23,5)15-12-30-50(3,4)32(13-16-52(30,31)6)74-49-45(41(65)36(60)28(20-56)72-49)75-47-43(67)39(63)35(59)27(19-55)71-47/h9,23-49,54-68H,8,10-21H2,1-7H3. The molecule has 8 rings (SSSR count). The van der Waals surface area contributed by atoms with Gasteiger partial charge >= 0.3 is 0 Å². The Balaban J connectivity index is 0.991. The van der Waals surface area contributed by atoms with Crippen LogP contribution in [0.4, 0.5) is 0 Å². The van der Waals surface area contributed by atoms with Gasteiger partial charge in [-0.1, -0.05) is 39.3 Å². The molecule has 4 saturated heterocycles. The lowest BCUT2D eigenvalue weighted by molar-refractivity contribution is -0.378. The molecule has 4 heterocycles. The van der Waals surface area contributed by atoms with Crippen molar-refractivity contribution in [1.29, 1.82) is 0 Å². The number of hydrogen-bond acceptors (Lipinski definition) is 23. The lowest BCUT2D eigenvalue weighted by Gasteiger charge is -2.68. The van der Waals surface area contributed by atoms with Crippen LogP contribution in [0.3, 0.4) is 0 Å². The Morgan fingerprint density at radius 2 is 1.07 bits per heavy atom. The zero-order valence-electron chi connectivity index (χ0n) is 44.8. The van der Waals surface area contributed by atoms with Crippen LogP contribution in [0, 0.1) is 45.8 Å². The van der Waals surface area contributed by atoms with Gasteiger partial charge in [-0.25, -0.2) is 0 Å². The molecule has 76 heavy (non-hydrogen) atoms. The fraction of sp³-hybridized carbons (Fsp3) is 0.962. The van der Waals surface area contributed by atoms with Crippen LogP contribution in [0.2, 0.25) is 0 Å². The van der Waals surface area contributed by atoms with Crippen molar-refractivity contribution in [1.82, 2.24) is 0 Å². The maximum atomic E-state index is 12.7. The molecule has 30 atom stereocenters. The number of fused-ring (bicyclic) bond motifs is 5. The van der Waals surface area contributed by atoms with E-state index in [0.717, 1.165) is 24.8 Å². The van der Waals surface area contributed by atoms with Gasteiger partial charge in [-0.15, -0.1) is 0 Å². The molecule has 8 aliphatic rings. The third kappa shape index (κ3) is 11.0. The van der Waals surface area contributed by atoms with Crippen molar-refractivity contribution in [3.05, 3.63) is 11.6 Å². The predicted molar refractivity (Wildman–Crippen MR) is 262 cm³/mol. The zero-order valence-corrected chi connectivity index (χ0v) is 44.8. The maximum absolute atomic E-state index is 12.7. The van der Waals surface area contributed by atoms with Crippen molar-refractivity contribution < 1.29 is 114 Å². The lowest BCUT2D eigenvalue weighted by atomic mass is 9.38. The first-order chi connectivity index (χ1) is 35.7. The van der Waals surface area contributed by atoms with Gasteiger partial charge in [0.2, 0.25) is 0 Å². The van der Waals surface area contributed by atoms with Crippen LogP contribution in [0.15, 0.2) is 11.6 Å². The summed E-state index contributed by atoms with van der Waals surface area (Å²) in [4.78, 5) is 0. The van der Waals surface area contributed by atoms with E-state index in [1.54, 1.807) is 0 Å². The number of allylic oxidation sites excluding steroid dienone is 2. The van der Waals surface area contributed by atoms with E-state index in [4.69, 9.17) is 37.9 Å². The van der Waals surface area contributed by atoms with E-state index < -0.39 is 172 Å². The third-order valence-corrected chi connectivity index (χ3v) is 20.1. The van der Waals surface area contributed by atoms with E-state index in [9.17, 15) is 76.6 Å². The molecule has 8 fully saturated rings. The lowest BCUT2D eigenvalue weighted by Crippen LogP contribution is -2.66. The summed E-state index contributed by atoms with van der Waals surface area (Å²) >= 11 is 0. The number of hydrogen-bond donors (Lipinski definition) is 15. The van der Waals surface area contributed by atoms with Crippen LogP contribution in [0.1, 0.15) is 106 Å². The summed E-state index contributed by atoms with van der Waals surface area (Å²) in [6.07, 6.45) is -24.9. The summed E-state index contributed by atoms with van der Waals surface area (Å²) in [6, 6.07) is 0. The predicted octanol–water partition coefficient (Wildman–Crippen LogP) is -2.59. The zero-order chi connectivity index (χ0) is 55.7. The highest BCUT2D eigenvalue weighted by atomic mass is 16.8. The second kappa shape index (κ2) is 23.6. The molecule has 0 aromatic carbocycles. The minimum atomic E-state index is -1.81. The Morgan fingerprint density at radius 1 is 0.553 bits per heavy atom. The van der Waals surface area contributed by atoms with E-state index in [2.05, 4.69) is 33.8 Å². The molecule has 0 radical (unpaired) electrons. The van der Waals surface area contributed by atoms with Gasteiger partial charge in [0.05, 0.1) is 44.2 Å². The molecule has 440 valence electrons. The quantitative estimate of drug-likeness (QED) is 0.0557. The molecule has 4 aliphatic heterocycles. The number of aliphatic hydroxyl groups excluding tert-OH is 15. The van der Waals surface area contributed by atoms with Gasteiger partial charge in [-0.05, 0) is 124 Å². The Morgan fingerprint density at radius 3 is 1.66 bits per heavy atom. The van der Waals surface area contributed by atoms with E-state index in [1.165, 1.54) is 0 Å². The minimum absolute atomic E-state index is 0.0531. The summed E-state index contributed by atoms with van der Waals surface area (Å²) < 4.78 is 48.8. The normalized spacial score (nSPS) is 52.2. The first kappa shape index (κ1) is 60.9. The van der Waals surface area contributed by atoms with Crippen molar-refractivity contribution in [2.45, 2.75) is 247 Å². The highest BCUT2D eigenvalue weighted by Gasteiger charge is 2.68. The monoisotopic (exact) mass is 1090 g/mol. The summed E-state index contributed by atoms with van der Waals surface area (Å²) in [6.45, 7) is 12.3. The minimum Gasteiger partial charge on any atom is -0.394 e. The molecule has 0 bridgehead atoms. The van der Waals surface area contributed by atoms with Crippen LogP contribution in [0.5, 0.6) is 0 Å². The molecule has 30 unspecified atom stereocenters. The van der Waals surface area contributed by atoms with E-state index in [-0.39, 0.29) is 40.4 Å². The van der Waals surface area contributed by atoms with Crippen LogP contribution in [0.25, 0.3) is 0 Å². The molecule has 23 nitrogen and oxygen atoms in total. The summed E-state index contributed by atoms with van der Waals surface area (Å²) in [5, 5.41) is 161. The van der Waals surface area contributed by atoms with Crippen LogP contribution in [-0.2, 0) is 37.9 Å². The molecule has 4 aliphatic carbocycles. The third-order valence-electron chi connectivity index (χ3n) is 20.1. The maximum Gasteiger partial charge on any atom is 0.187 e. The largest absolute Gasteiger partial charge is 0.394 e. The molecule has 0 aromatic rings. The average molecular weight is 1100 g/mol. The Bertz CT molecular complexity index is 1940.